The largest absolute Gasteiger partial charge is 0.489 e. The summed E-state index contributed by atoms with van der Waals surface area (Å²) in [6.07, 6.45) is 5.23. The first-order valence-electron chi connectivity index (χ1n) is 10.3. The molecule has 1 aromatic heterocycles. The molecule has 0 radical (unpaired) electrons. The van der Waals surface area contributed by atoms with Crippen LogP contribution in [0.4, 0.5) is 10.2 Å². The highest BCUT2D eigenvalue weighted by Gasteiger charge is 2.28. The lowest BCUT2D eigenvalue weighted by molar-refractivity contribution is -0.117. The van der Waals surface area contributed by atoms with Crippen LogP contribution in [-0.2, 0) is 4.79 Å². The van der Waals surface area contributed by atoms with Gasteiger partial charge in [-0.1, -0.05) is 19.1 Å². The lowest BCUT2D eigenvalue weighted by Crippen LogP contribution is -2.26. The topological polar surface area (TPSA) is 51.7 Å². The quantitative estimate of drug-likeness (QED) is 0.655. The van der Waals surface area contributed by atoms with Gasteiger partial charge < -0.3 is 19.2 Å². The van der Waals surface area contributed by atoms with Gasteiger partial charge in [-0.3, -0.25) is 0 Å². The molecule has 1 unspecified atom stereocenters. The summed E-state index contributed by atoms with van der Waals surface area (Å²) < 4.78 is 26.2. The maximum atomic E-state index is 14.5. The van der Waals surface area contributed by atoms with Gasteiger partial charge in [-0.25, -0.2) is 9.37 Å². The number of anilines is 1. The van der Waals surface area contributed by atoms with Crippen molar-refractivity contribution in [1.29, 1.82) is 0 Å². The zero-order valence-electron chi connectivity index (χ0n) is 16.9. The van der Waals surface area contributed by atoms with Gasteiger partial charge in [0, 0.05) is 25.5 Å². The minimum atomic E-state index is -0.354. The van der Waals surface area contributed by atoms with Crippen molar-refractivity contribution in [2.75, 3.05) is 18.0 Å². The zero-order valence-corrected chi connectivity index (χ0v) is 16.9. The fourth-order valence-electron chi connectivity index (χ4n) is 3.72. The molecule has 2 aliphatic rings. The molecule has 0 amide bonds. The van der Waals surface area contributed by atoms with E-state index in [2.05, 4.69) is 11.9 Å². The second-order valence-corrected chi connectivity index (χ2v) is 8.14. The number of pyridine rings is 1. The Labute approximate surface area is 170 Å². The first-order valence-corrected chi connectivity index (χ1v) is 10.3. The molecule has 1 aromatic carbocycles. The highest BCUT2D eigenvalue weighted by Crippen LogP contribution is 2.30. The van der Waals surface area contributed by atoms with E-state index in [0.29, 0.717) is 31.1 Å². The van der Waals surface area contributed by atoms with E-state index in [4.69, 9.17) is 9.47 Å². The number of nitrogens with zero attached hydrogens (tertiary/aromatic N) is 2. The Morgan fingerprint density at radius 1 is 1.17 bits per heavy atom. The fraction of sp³-hybridized carbons (Fsp3) is 0.478. The van der Waals surface area contributed by atoms with E-state index in [1.165, 1.54) is 6.07 Å². The van der Waals surface area contributed by atoms with E-state index >= 15 is 0 Å². The number of hydrogen-bond acceptors (Lipinski definition) is 5. The zero-order chi connectivity index (χ0) is 20.4. The molecule has 1 aliphatic heterocycles. The van der Waals surface area contributed by atoms with Gasteiger partial charge in [0.15, 0.2) is 11.6 Å². The number of ether oxygens (including phenoxy) is 2. The number of Topliss-reactive ketones (excluding diaryl/α,β-unsaturated/α-hetero) is 1. The van der Waals surface area contributed by atoms with E-state index in [9.17, 15) is 9.18 Å². The molecule has 4 rings (SSSR count). The number of benzene rings is 1. The van der Waals surface area contributed by atoms with Crippen molar-refractivity contribution in [1.82, 2.24) is 4.98 Å². The Morgan fingerprint density at radius 3 is 2.55 bits per heavy atom. The minimum absolute atomic E-state index is 0.0147. The Kier molecular flexibility index (Phi) is 5.69. The van der Waals surface area contributed by atoms with Gasteiger partial charge in [0.1, 0.15) is 23.4 Å². The van der Waals surface area contributed by atoms with Gasteiger partial charge in [0.25, 0.3) is 0 Å². The smallest absolute Gasteiger partial charge is 0.169 e. The van der Waals surface area contributed by atoms with Crippen LogP contribution in [0.1, 0.15) is 51.0 Å². The first-order chi connectivity index (χ1) is 14.0. The van der Waals surface area contributed by atoms with Crippen molar-refractivity contribution >= 4 is 11.6 Å². The van der Waals surface area contributed by atoms with E-state index in [0.717, 1.165) is 30.6 Å². The summed E-state index contributed by atoms with van der Waals surface area (Å²) in [5.74, 6) is 1.68. The monoisotopic (exact) mass is 398 g/mol. The molecule has 2 fully saturated rings. The van der Waals surface area contributed by atoms with Crippen molar-refractivity contribution in [2.45, 2.75) is 57.7 Å². The molecule has 0 N–H and O–H groups in total. The Hall–Kier alpha value is -2.63. The van der Waals surface area contributed by atoms with Crippen LogP contribution in [0.3, 0.4) is 0 Å². The summed E-state index contributed by atoms with van der Waals surface area (Å²) in [5.41, 5.74) is 1.13. The maximum absolute atomic E-state index is 14.5. The third kappa shape index (κ3) is 5.05. The number of halogens is 1. The maximum Gasteiger partial charge on any atom is 0.169 e. The molecule has 1 saturated heterocycles. The molecule has 0 bridgehead atoms. The number of aromatic nitrogens is 1. The molecule has 0 spiro atoms. The molecule has 2 aromatic rings. The number of hydrogen-bond donors (Lipinski definition) is 0. The summed E-state index contributed by atoms with van der Waals surface area (Å²) in [7, 11) is 0. The highest BCUT2D eigenvalue weighted by atomic mass is 19.1. The number of carbonyl (C=O) groups excluding carboxylic acids is 1. The molecule has 5 nitrogen and oxygen atoms in total. The number of carbonyl (C=O) groups is 1. The molecule has 1 saturated carbocycles. The van der Waals surface area contributed by atoms with E-state index < -0.39 is 0 Å². The SMILES string of the molecule is CC(=O)C[C@@H](C)c1ccc(OC2CCN(c3ncc(OC4CC4)cc3F)C2)cc1. The van der Waals surface area contributed by atoms with Gasteiger partial charge in [-0.2, -0.15) is 0 Å². The van der Waals surface area contributed by atoms with Gasteiger partial charge in [0.2, 0.25) is 0 Å². The van der Waals surface area contributed by atoms with Crippen LogP contribution in [0.5, 0.6) is 11.5 Å². The van der Waals surface area contributed by atoms with Crippen LogP contribution >= 0.6 is 0 Å². The second kappa shape index (κ2) is 8.39. The van der Waals surface area contributed by atoms with E-state index in [1.54, 1.807) is 13.1 Å². The molecular formula is C23H27FN2O3. The Bertz CT molecular complexity index is 867. The Balaban J connectivity index is 1.33. The van der Waals surface area contributed by atoms with Crippen LogP contribution in [0.25, 0.3) is 0 Å². The fourth-order valence-corrected chi connectivity index (χ4v) is 3.72. The average Bonchev–Trinajstić information content (AvgIpc) is 3.38. The first kappa shape index (κ1) is 19.7. The minimum Gasteiger partial charge on any atom is -0.489 e. The van der Waals surface area contributed by atoms with Gasteiger partial charge in [-0.05, 0) is 43.4 Å². The van der Waals surface area contributed by atoms with Crippen molar-refractivity contribution in [2.24, 2.45) is 0 Å². The third-order valence-electron chi connectivity index (χ3n) is 5.41. The third-order valence-corrected chi connectivity index (χ3v) is 5.41. The molecule has 6 heteroatoms. The van der Waals surface area contributed by atoms with Gasteiger partial charge in [0.05, 0.1) is 18.8 Å². The molecule has 1 aliphatic carbocycles. The lowest BCUT2D eigenvalue weighted by atomic mass is 9.96. The number of rotatable bonds is 8. The molecule has 154 valence electrons. The summed E-state index contributed by atoms with van der Waals surface area (Å²) >= 11 is 0. The molecule has 2 atom stereocenters. The van der Waals surface area contributed by atoms with Crippen molar-refractivity contribution in [3.63, 3.8) is 0 Å². The lowest BCUT2D eigenvalue weighted by Gasteiger charge is -2.19. The van der Waals surface area contributed by atoms with Crippen LogP contribution in [0, 0.1) is 5.82 Å². The summed E-state index contributed by atoms with van der Waals surface area (Å²) in [6.45, 7) is 4.96. The van der Waals surface area contributed by atoms with Gasteiger partial charge in [-0.15, -0.1) is 0 Å². The summed E-state index contributed by atoms with van der Waals surface area (Å²) in [4.78, 5) is 17.5. The Morgan fingerprint density at radius 2 is 1.90 bits per heavy atom. The van der Waals surface area contributed by atoms with Crippen molar-refractivity contribution < 1.29 is 18.7 Å². The van der Waals surface area contributed by atoms with Crippen molar-refractivity contribution in [3.8, 4) is 11.5 Å². The molecule has 29 heavy (non-hydrogen) atoms. The predicted molar refractivity (Wildman–Crippen MR) is 109 cm³/mol. The van der Waals surface area contributed by atoms with Crippen LogP contribution < -0.4 is 14.4 Å². The number of ketones is 1. The standard InChI is InChI=1S/C23H27FN2O3/c1-15(11-16(2)27)17-3-5-18(6-4-17)28-20-9-10-26(14-20)23-22(24)12-21(13-25-23)29-19-7-8-19/h3-6,12-13,15,19-20H,7-11,14H2,1-2H3/t15-,20?/m1/s1. The predicted octanol–water partition coefficient (Wildman–Crippen LogP) is 4.50. The van der Waals surface area contributed by atoms with Crippen LogP contribution in [0.15, 0.2) is 36.5 Å². The van der Waals surface area contributed by atoms with E-state index in [1.807, 2.05) is 29.2 Å². The van der Waals surface area contributed by atoms with Crippen molar-refractivity contribution in [3.05, 3.63) is 47.9 Å². The molecule has 2 heterocycles. The normalized spacial score (nSPS) is 19.8. The van der Waals surface area contributed by atoms with E-state index in [-0.39, 0.29) is 29.7 Å². The van der Waals surface area contributed by atoms with Crippen LogP contribution in [-0.4, -0.2) is 36.1 Å². The summed E-state index contributed by atoms with van der Waals surface area (Å²) in [5, 5.41) is 0. The second-order valence-electron chi connectivity index (χ2n) is 8.14. The highest BCUT2D eigenvalue weighted by molar-refractivity contribution is 5.76. The molecular weight excluding hydrogens is 371 g/mol. The van der Waals surface area contributed by atoms with Gasteiger partial charge >= 0.3 is 0 Å². The average molecular weight is 398 g/mol. The summed E-state index contributed by atoms with van der Waals surface area (Å²) in [6, 6.07) is 9.33. The van der Waals surface area contributed by atoms with Crippen LogP contribution in [0.2, 0.25) is 0 Å².